The van der Waals surface area contributed by atoms with E-state index in [4.69, 9.17) is 23.2 Å². The highest BCUT2D eigenvalue weighted by atomic mass is 35.5. The molecule has 0 spiro atoms. The number of hydrogen-bond acceptors (Lipinski definition) is 5. The van der Waals surface area contributed by atoms with Gasteiger partial charge in [-0.05, 0) is 30.7 Å². The third-order valence-electron chi connectivity index (χ3n) is 6.55. The Bertz CT molecular complexity index is 1540. The molecule has 1 amide bonds. The molecule has 0 bridgehead atoms. The third-order valence-corrected chi connectivity index (χ3v) is 8.21. The lowest BCUT2D eigenvalue weighted by atomic mass is 10.0. The van der Waals surface area contributed by atoms with Crippen molar-refractivity contribution in [1.29, 1.82) is 0 Å². The van der Waals surface area contributed by atoms with Gasteiger partial charge >= 0.3 is 11.9 Å². The van der Waals surface area contributed by atoms with Crippen LogP contribution >= 0.6 is 35.0 Å². The number of rotatable bonds is 3. The Morgan fingerprint density at radius 1 is 1.16 bits per heavy atom. The van der Waals surface area contributed by atoms with Crippen LogP contribution in [-0.4, -0.2) is 58.0 Å². The molecule has 0 N–H and O–H groups in total. The standard InChI is InChI=1S/C25H20Cl2F4N4O2S/c1-13-12-33(19(36)4-5-25(29,30)31)6-7-34(13)23-15-11-17(27)20(14-2-3-18(28)16(26)10-14)22-21(15)35(8-9-38-22)24(37)32-23/h2-5,10-11,13H,6-9,12H2,1H3/b5-4+/t13-/m0/s1. The lowest BCUT2D eigenvalue weighted by Gasteiger charge is -2.41. The van der Waals surface area contributed by atoms with Gasteiger partial charge in [-0.1, -0.05) is 29.3 Å². The van der Waals surface area contributed by atoms with Crippen LogP contribution in [0.4, 0.5) is 23.4 Å². The van der Waals surface area contributed by atoms with Crippen LogP contribution < -0.4 is 10.6 Å². The topological polar surface area (TPSA) is 58.4 Å². The van der Waals surface area contributed by atoms with Gasteiger partial charge in [0.2, 0.25) is 5.91 Å². The van der Waals surface area contributed by atoms with Crippen molar-refractivity contribution in [2.45, 2.75) is 30.6 Å². The summed E-state index contributed by atoms with van der Waals surface area (Å²) in [4.78, 5) is 33.7. The van der Waals surface area contributed by atoms with Crippen molar-refractivity contribution < 1.29 is 22.4 Å². The van der Waals surface area contributed by atoms with Gasteiger partial charge in [0, 0.05) is 66.0 Å². The number of nitrogens with zero attached hydrogens (tertiary/aromatic N) is 4. The first-order valence-electron chi connectivity index (χ1n) is 11.6. The molecule has 3 heterocycles. The summed E-state index contributed by atoms with van der Waals surface area (Å²) in [7, 11) is 0. The van der Waals surface area contributed by atoms with E-state index < -0.39 is 23.6 Å². The van der Waals surface area contributed by atoms with E-state index in [1.165, 1.54) is 28.8 Å². The molecule has 200 valence electrons. The van der Waals surface area contributed by atoms with Crippen molar-refractivity contribution in [2.75, 3.05) is 30.3 Å². The molecule has 6 nitrogen and oxygen atoms in total. The van der Waals surface area contributed by atoms with Crippen molar-refractivity contribution >= 4 is 57.6 Å². The first-order valence-corrected chi connectivity index (χ1v) is 13.4. The molecule has 1 saturated heterocycles. The molecular weight excluding hydrogens is 567 g/mol. The average molecular weight is 587 g/mol. The van der Waals surface area contributed by atoms with Gasteiger partial charge < -0.3 is 9.80 Å². The second kappa shape index (κ2) is 10.1. The maximum Gasteiger partial charge on any atom is 0.409 e. The number of piperazine rings is 1. The Labute approximate surface area is 228 Å². The number of hydrogen-bond donors (Lipinski definition) is 0. The van der Waals surface area contributed by atoms with E-state index in [0.29, 0.717) is 51.2 Å². The summed E-state index contributed by atoms with van der Waals surface area (Å²) in [5, 5.41) is 0.958. The van der Waals surface area contributed by atoms with Crippen molar-refractivity contribution in [2.24, 2.45) is 0 Å². The monoisotopic (exact) mass is 586 g/mol. The van der Waals surface area contributed by atoms with E-state index in [-0.39, 0.29) is 36.8 Å². The summed E-state index contributed by atoms with van der Waals surface area (Å²) < 4.78 is 52.9. The molecule has 13 heteroatoms. The summed E-state index contributed by atoms with van der Waals surface area (Å²) in [6.45, 7) is 2.81. The molecule has 2 aromatic carbocycles. The highest BCUT2D eigenvalue weighted by molar-refractivity contribution is 7.99. The molecule has 1 aromatic heterocycles. The van der Waals surface area contributed by atoms with Gasteiger partial charge in [-0.15, -0.1) is 11.8 Å². The van der Waals surface area contributed by atoms with E-state index >= 15 is 0 Å². The number of allylic oxidation sites excluding steroid dienone is 1. The normalized spacial score (nSPS) is 18.0. The van der Waals surface area contributed by atoms with Crippen LogP contribution in [0.2, 0.25) is 10.0 Å². The van der Waals surface area contributed by atoms with Crippen LogP contribution in [0, 0.1) is 5.82 Å². The Morgan fingerprint density at radius 3 is 2.61 bits per heavy atom. The first kappa shape index (κ1) is 26.8. The number of amides is 1. The van der Waals surface area contributed by atoms with Gasteiger partial charge in [-0.3, -0.25) is 9.36 Å². The maximum absolute atomic E-state index is 13.8. The zero-order valence-corrected chi connectivity index (χ0v) is 22.2. The maximum atomic E-state index is 13.8. The van der Waals surface area contributed by atoms with Gasteiger partial charge in [-0.25, -0.2) is 9.18 Å². The summed E-state index contributed by atoms with van der Waals surface area (Å²) in [5.41, 5.74) is 1.45. The zero-order chi connectivity index (χ0) is 27.4. The number of halogens is 6. The van der Waals surface area contributed by atoms with E-state index in [0.717, 1.165) is 4.90 Å². The van der Waals surface area contributed by atoms with E-state index in [1.54, 1.807) is 16.7 Å². The fraction of sp³-hybridized carbons (Fsp3) is 0.320. The van der Waals surface area contributed by atoms with Crippen molar-refractivity contribution in [1.82, 2.24) is 14.5 Å². The minimum atomic E-state index is -4.58. The van der Waals surface area contributed by atoms with Crippen LogP contribution in [0.1, 0.15) is 6.92 Å². The van der Waals surface area contributed by atoms with Crippen LogP contribution in [0.15, 0.2) is 46.1 Å². The Morgan fingerprint density at radius 2 is 1.92 bits per heavy atom. The smallest absolute Gasteiger partial charge is 0.350 e. The van der Waals surface area contributed by atoms with Crippen LogP contribution in [0.3, 0.4) is 0 Å². The van der Waals surface area contributed by atoms with Gasteiger partial charge in [-0.2, -0.15) is 18.2 Å². The Hall–Kier alpha value is -2.76. The zero-order valence-electron chi connectivity index (χ0n) is 19.9. The minimum Gasteiger partial charge on any atom is -0.350 e. The Balaban J connectivity index is 1.57. The molecule has 1 atom stereocenters. The number of benzene rings is 2. The van der Waals surface area contributed by atoms with Crippen LogP contribution in [-0.2, 0) is 11.3 Å². The lowest BCUT2D eigenvalue weighted by Crippen LogP contribution is -2.54. The molecule has 1 fully saturated rings. The number of aromatic nitrogens is 2. The predicted octanol–water partition coefficient (Wildman–Crippen LogP) is 5.77. The van der Waals surface area contributed by atoms with Crippen molar-refractivity contribution in [3.05, 3.63) is 62.8 Å². The lowest BCUT2D eigenvalue weighted by molar-refractivity contribution is -0.127. The van der Waals surface area contributed by atoms with Gasteiger partial charge in [0.25, 0.3) is 0 Å². The van der Waals surface area contributed by atoms with Crippen molar-refractivity contribution in [3.8, 4) is 11.1 Å². The summed E-state index contributed by atoms with van der Waals surface area (Å²) >= 11 is 14.3. The molecule has 0 saturated carbocycles. The number of carbonyl (C=O) groups excluding carboxylic acids is 1. The SMILES string of the molecule is C[C@H]1CN(C(=O)/C=C/C(F)(F)F)CCN1c1nc(=O)n2c3c(c(-c4ccc(F)c(Cl)c4)c(Cl)cc13)SCC2. The molecule has 38 heavy (non-hydrogen) atoms. The Kier molecular flexibility index (Phi) is 7.12. The summed E-state index contributed by atoms with van der Waals surface area (Å²) in [6, 6.07) is 5.71. The fourth-order valence-electron chi connectivity index (χ4n) is 4.83. The van der Waals surface area contributed by atoms with E-state index in [1.807, 2.05) is 11.8 Å². The predicted molar refractivity (Wildman–Crippen MR) is 141 cm³/mol. The molecule has 2 aliphatic heterocycles. The third kappa shape index (κ3) is 4.99. The largest absolute Gasteiger partial charge is 0.409 e. The molecule has 0 radical (unpaired) electrons. The quantitative estimate of drug-likeness (QED) is 0.288. The number of anilines is 1. The van der Waals surface area contributed by atoms with Gasteiger partial charge in [0.1, 0.15) is 11.6 Å². The number of carbonyl (C=O) groups is 1. The molecular formula is C25H20Cl2F4N4O2S. The molecule has 3 aromatic rings. The highest BCUT2D eigenvalue weighted by Crippen LogP contribution is 2.46. The molecule has 5 rings (SSSR count). The van der Waals surface area contributed by atoms with E-state index in [2.05, 4.69) is 4.98 Å². The van der Waals surface area contributed by atoms with Crippen LogP contribution in [0.5, 0.6) is 0 Å². The average Bonchev–Trinajstić information content (AvgIpc) is 2.86. The fourth-order valence-corrected chi connectivity index (χ4v) is 6.59. The minimum absolute atomic E-state index is 0.0502. The second-order valence-electron chi connectivity index (χ2n) is 9.01. The molecule has 2 aliphatic rings. The second-order valence-corrected chi connectivity index (χ2v) is 10.9. The first-order chi connectivity index (χ1) is 17.9. The summed E-state index contributed by atoms with van der Waals surface area (Å²) in [5.74, 6) is -0.298. The number of alkyl halides is 3. The van der Waals surface area contributed by atoms with Gasteiger partial charge in [0.15, 0.2) is 0 Å². The van der Waals surface area contributed by atoms with E-state index in [9.17, 15) is 27.2 Å². The van der Waals surface area contributed by atoms with Crippen LogP contribution in [0.25, 0.3) is 22.0 Å². The number of thioether (sulfide) groups is 1. The van der Waals surface area contributed by atoms with Crippen molar-refractivity contribution in [3.63, 3.8) is 0 Å². The summed E-state index contributed by atoms with van der Waals surface area (Å²) in [6.07, 6.45) is -4.13. The number of aryl methyl sites for hydroxylation is 1. The molecule has 0 unspecified atom stereocenters. The highest BCUT2D eigenvalue weighted by Gasteiger charge is 2.32. The molecule has 0 aliphatic carbocycles. The van der Waals surface area contributed by atoms with Gasteiger partial charge in [0.05, 0.1) is 15.6 Å².